The largest absolute Gasteiger partial charge is 0.459 e. The van der Waals surface area contributed by atoms with Crippen LogP contribution in [0.3, 0.4) is 0 Å². The van der Waals surface area contributed by atoms with E-state index in [-0.39, 0.29) is 17.6 Å². The van der Waals surface area contributed by atoms with Gasteiger partial charge in [0, 0.05) is 23.7 Å². The van der Waals surface area contributed by atoms with Gasteiger partial charge in [0.15, 0.2) is 5.76 Å². The van der Waals surface area contributed by atoms with Crippen LogP contribution in [0.15, 0.2) is 71.3 Å². The molecular weight excluding hydrogens is 376 g/mol. The molecule has 0 atom stereocenters. The Morgan fingerprint density at radius 1 is 0.964 bits per heavy atom. The molecule has 0 aliphatic carbocycles. The van der Waals surface area contributed by atoms with Crippen LogP contribution in [0, 0.1) is 0 Å². The van der Waals surface area contributed by atoms with Crippen LogP contribution < -0.4 is 10.6 Å². The number of carbonyl (C=O) groups excluding carboxylic acids is 2. The summed E-state index contributed by atoms with van der Waals surface area (Å²) in [6.45, 7) is 0.407. The monoisotopic (exact) mass is 396 g/mol. The van der Waals surface area contributed by atoms with Crippen LogP contribution in [0.4, 0.5) is 5.69 Å². The average Bonchev–Trinajstić information content (AvgIpc) is 3.23. The molecule has 1 aromatic heterocycles. The summed E-state index contributed by atoms with van der Waals surface area (Å²) in [6.07, 6.45) is 3.51. The lowest BCUT2D eigenvalue weighted by Crippen LogP contribution is -2.22. The highest BCUT2D eigenvalue weighted by Gasteiger charge is 2.09. The summed E-state index contributed by atoms with van der Waals surface area (Å²) < 4.78 is 5.08. The van der Waals surface area contributed by atoms with E-state index >= 15 is 0 Å². The van der Waals surface area contributed by atoms with Gasteiger partial charge in [-0.2, -0.15) is 0 Å². The summed E-state index contributed by atoms with van der Waals surface area (Å²) in [5.74, 6) is -0.0632. The van der Waals surface area contributed by atoms with Gasteiger partial charge in [0.05, 0.1) is 6.26 Å². The Balaban J connectivity index is 1.43. The smallest absolute Gasteiger partial charge is 0.291 e. The molecule has 0 unspecified atom stereocenters. The van der Waals surface area contributed by atoms with Gasteiger partial charge in [-0.1, -0.05) is 35.9 Å². The van der Waals surface area contributed by atoms with E-state index in [0.717, 1.165) is 24.0 Å². The predicted octanol–water partition coefficient (Wildman–Crippen LogP) is 4.82. The van der Waals surface area contributed by atoms with Gasteiger partial charge in [-0.05, 0) is 60.4 Å². The topological polar surface area (TPSA) is 71.3 Å². The molecule has 0 spiro atoms. The second-order valence-corrected chi connectivity index (χ2v) is 6.82. The highest BCUT2D eigenvalue weighted by molar-refractivity contribution is 6.30. The molecule has 0 bridgehead atoms. The van der Waals surface area contributed by atoms with Crippen LogP contribution in [-0.2, 0) is 17.8 Å². The number of hydrogen-bond acceptors (Lipinski definition) is 3. The number of carbonyl (C=O) groups is 2. The van der Waals surface area contributed by atoms with Crippen LogP contribution in [0.5, 0.6) is 0 Å². The van der Waals surface area contributed by atoms with Gasteiger partial charge in [0.2, 0.25) is 5.91 Å². The van der Waals surface area contributed by atoms with Crippen LogP contribution >= 0.6 is 11.6 Å². The fourth-order valence-electron chi connectivity index (χ4n) is 2.75. The van der Waals surface area contributed by atoms with Crippen molar-refractivity contribution >= 4 is 29.1 Å². The Morgan fingerprint density at radius 3 is 2.54 bits per heavy atom. The highest BCUT2D eigenvalue weighted by atomic mass is 35.5. The Hall–Kier alpha value is -3.05. The van der Waals surface area contributed by atoms with Gasteiger partial charge in [0.1, 0.15) is 0 Å². The summed E-state index contributed by atoms with van der Waals surface area (Å²) in [4.78, 5) is 24.1. The molecule has 6 heteroatoms. The number of rotatable bonds is 8. The first-order valence-corrected chi connectivity index (χ1v) is 9.43. The number of amides is 2. The minimum absolute atomic E-state index is 0.000937. The maximum Gasteiger partial charge on any atom is 0.291 e. The van der Waals surface area contributed by atoms with Gasteiger partial charge in [-0.3, -0.25) is 9.59 Å². The molecule has 3 rings (SSSR count). The SMILES string of the molecule is O=C(CCCc1ccc(Cl)cc1)NCc1cccc(NC(=O)c2ccco2)c1. The molecule has 0 radical (unpaired) electrons. The summed E-state index contributed by atoms with van der Waals surface area (Å²) in [7, 11) is 0. The van der Waals surface area contributed by atoms with E-state index in [4.69, 9.17) is 16.0 Å². The lowest BCUT2D eigenvalue weighted by atomic mass is 10.1. The van der Waals surface area contributed by atoms with Crippen LogP contribution in [0.25, 0.3) is 0 Å². The van der Waals surface area contributed by atoms with E-state index in [1.807, 2.05) is 42.5 Å². The molecule has 3 aromatic rings. The Bertz CT molecular complexity index is 921. The van der Waals surface area contributed by atoms with Gasteiger partial charge < -0.3 is 15.1 Å². The fourth-order valence-corrected chi connectivity index (χ4v) is 2.88. The van der Waals surface area contributed by atoms with Crippen molar-refractivity contribution in [3.8, 4) is 0 Å². The van der Waals surface area contributed by atoms with Crippen molar-refractivity contribution in [3.63, 3.8) is 0 Å². The summed E-state index contributed by atoms with van der Waals surface area (Å²) in [5, 5.41) is 6.40. The molecule has 0 aliphatic rings. The standard InChI is InChI=1S/C22H21ClN2O3/c23-18-11-9-16(10-12-18)4-2-8-21(26)24-15-17-5-1-6-19(14-17)25-22(27)20-7-3-13-28-20/h1,3,5-7,9-14H,2,4,8,15H2,(H,24,26)(H,25,27). The number of halogens is 1. The van der Waals surface area contributed by atoms with E-state index in [9.17, 15) is 9.59 Å². The second-order valence-electron chi connectivity index (χ2n) is 6.39. The third kappa shape index (κ3) is 5.99. The highest BCUT2D eigenvalue weighted by Crippen LogP contribution is 2.14. The number of furan rings is 1. The lowest BCUT2D eigenvalue weighted by molar-refractivity contribution is -0.121. The van der Waals surface area contributed by atoms with Crippen molar-refractivity contribution in [3.05, 3.63) is 88.8 Å². The van der Waals surface area contributed by atoms with E-state index in [0.29, 0.717) is 23.7 Å². The third-order valence-corrected chi connectivity index (χ3v) is 4.45. The molecule has 2 N–H and O–H groups in total. The molecule has 0 fully saturated rings. The molecular formula is C22H21ClN2O3. The molecule has 5 nitrogen and oxygen atoms in total. The van der Waals surface area contributed by atoms with Crippen LogP contribution in [-0.4, -0.2) is 11.8 Å². The maximum atomic E-state index is 12.1. The first kappa shape index (κ1) is 19.7. The van der Waals surface area contributed by atoms with Crippen molar-refractivity contribution in [1.82, 2.24) is 5.32 Å². The summed E-state index contributed by atoms with van der Waals surface area (Å²) >= 11 is 5.87. The Kier molecular flexibility index (Phi) is 6.87. The quantitative estimate of drug-likeness (QED) is 0.573. The molecule has 0 saturated heterocycles. The van der Waals surface area contributed by atoms with Crippen molar-refractivity contribution in [2.75, 3.05) is 5.32 Å². The first-order valence-electron chi connectivity index (χ1n) is 9.05. The number of hydrogen-bond donors (Lipinski definition) is 2. The molecule has 144 valence electrons. The second kappa shape index (κ2) is 9.76. The maximum absolute atomic E-state index is 12.1. The Labute approximate surface area is 168 Å². The zero-order valence-corrected chi connectivity index (χ0v) is 16.0. The van der Waals surface area contributed by atoms with Crippen LogP contribution in [0.1, 0.15) is 34.5 Å². The van der Waals surface area contributed by atoms with Crippen molar-refractivity contribution in [2.45, 2.75) is 25.8 Å². The minimum Gasteiger partial charge on any atom is -0.459 e. The summed E-state index contributed by atoms with van der Waals surface area (Å²) in [6, 6.07) is 18.3. The normalized spacial score (nSPS) is 10.5. The summed E-state index contributed by atoms with van der Waals surface area (Å²) in [5.41, 5.74) is 2.72. The van der Waals surface area contributed by atoms with Crippen molar-refractivity contribution in [2.24, 2.45) is 0 Å². The van der Waals surface area contributed by atoms with Crippen molar-refractivity contribution < 1.29 is 14.0 Å². The van der Waals surface area contributed by atoms with E-state index in [1.165, 1.54) is 6.26 Å². The fraction of sp³-hybridized carbons (Fsp3) is 0.182. The number of anilines is 1. The van der Waals surface area contributed by atoms with Crippen LogP contribution in [0.2, 0.25) is 5.02 Å². The number of nitrogens with one attached hydrogen (secondary N) is 2. The first-order chi connectivity index (χ1) is 13.6. The molecule has 0 aliphatic heterocycles. The minimum atomic E-state index is -0.312. The third-order valence-electron chi connectivity index (χ3n) is 4.20. The lowest BCUT2D eigenvalue weighted by Gasteiger charge is -2.08. The molecule has 2 amide bonds. The molecule has 0 saturated carbocycles. The Morgan fingerprint density at radius 2 is 1.79 bits per heavy atom. The van der Waals surface area contributed by atoms with Gasteiger partial charge >= 0.3 is 0 Å². The zero-order chi connectivity index (χ0) is 19.8. The molecule has 1 heterocycles. The number of aryl methyl sites for hydroxylation is 1. The van der Waals surface area contributed by atoms with Crippen molar-refractivity contribution in [1.29, 1.82) is 0 Å². The van der Waals surface area contributed by atoms with E-state index in [1.54, 1.807) is 18.2 Å². The predicted molar refractivity (Wildman–Crippen MR) is 109 cm³/mol. The average molecular weight is 397 g/mol. The molecule has 28 heavy (non-hydrogen) atoms. The zero-order valence-electron chi connectivity index (χ0n) is 15.3. The number of benzene rings is 2. The van der Waals surface area contributed by atoms with Gasteiger partial charge in [-0.25, -0.2) is 0 Å². The van der Waals surface area contributed by atoms with E-state index < -0.39 is 0 Å². The van der Waals surface area contributed by atoms with Gasteiger partial charge in [-0.15, -0.1) is 0 Å². The van der Waals surface area contributed by atoms with E-state index in [2.05, 4.69) is 10.6 Å². The van der Waals surface area contributed by atoms with Gasteiger partial charge in [0.25, 0.3) is 5.91 Å². The molecule has 2 aromatic carbocycles.